The zero-order valence-corrected chi connectivity index (χ0v) is 18.4. The average molecular weight is 471 g/mol. The normalized spacial score (nSPS) is 11.5. The van der Waals surface area contributed by atoms with Crippen molar-refractivity contribution in [3.63, 3.8) is 0 Å². The van der Waals surface area contributed by atoms with Gasteiger partial charge < -0.3 is 9.26 Å². The topological polar surface area (TPSA) is 104 Å². The first-order valence-electron chi connectivity index (χ1n) is 9.47. The molecular weight excluding hydrogens is 453 g/mol. The lowest BCUT2D eigenvalue weighted by molar-refractivity contribution is 0.211. The monoisotopic (exact) mass is 471 g/mol. The van der Waals surface area contributed by atoms with E-state index in [1.165, 1.54) is 79.7 Å². The van der Waals surface area contributed by atoms with Gasteiger partial charge in [0.25, 0.3) is 15.6 Å². The third-order valence-electron chi connectivity index (χ3n) is 4.92. The van der Waals surface area contributed by atoms with Crippen LogP contribution in [0.4, 0.5) is 10.2 Å². The number of halogens is 1. The van der Waals surface area contributed by atoms with Crippen molar-refractivity contribution in [1.82, 2.24) is 9.72 Å². The summed E-state index contributed by atoms with van der Waals surface area (Å²) in [5.74, 6) is -0.411. The molecule has 0 spiro atoms. The Morgan fingerprint density at radius 2 is 1.94 bits per heavy atom. The molecule has 0 fully saturated rings. The first-order chi connectivity index (χ1) is 15.8. The van der Waals surface area contributed by atoms with Crippen molar-refractivity contribution < 1.29 is 26.9 Å². The molecule has 4 rings (SSSR count). The predicted octanol–water partition coefficient (Wildman–Crippen LogP) is 3.53. The fourth-order valence-electron chi connectivity index (χ4n) is 3.40. The third kappa shape index (κ3) is 3.77. The summed E-state index contributed by atoms with van der Waals surface area (Å²) in [6.07, 6.45) is 2.54. The van der Waals surface area contributed by atoms with Crippen LogP contribution >= 0.6 is 0 Å². The molecule has 0 N–H and O–H groups in total. The number of methoxy groups -OCH3 is 1. The van der Waals surface area contributed by atoms with E-state index in [4.69, 9.17) is 14.1 Å². The van der Waals surface area contributed by atoms with Crippen LogP contribution in [-0.4, -0.2) is 32.4 Å². The minimum Gasteiger partial charge on any atom is -0.495 e. The largest absolute Gasteiger partial charge is 0.495 e. The highest BCUT2D eigenvalue weighted by Gasteiger charge is 2.28. The summed E-state index contributed by atoms with van der Waals surface area (Å²) in [6.45, 7) is 3.56. The Bertz CT molecular complexity index is 1510. The van der Waals surface area contributed by atoms with Crippen molar-refractivity contribution in [2.24, 2.45) is 0 Å². The van der Waals surface area contributed by atoms with E-state index in [2.05, 4.69) is 11.7 Å². The number of sulfonamides is 1. The predicted molar refractivity (Wildman–Crippen MR) is 119 cm³/mol. The van der Waals surface area contributed by atoms with Crippen LogP contribution in [0.25, 0.3) is 22.7 Å². The zero-order chi connectivity index (χ0) is 23.8. The fraction of sp³-hybridized carbons (Fsp3) is 0.0909. The van der Waals surface area contributed by atoms with Gasteiger partial charge in [-0.3, -0.25) is 14.2 Å². The van der Waals surface area contributed by atoms with Crippen molar-refractivity contribution in [3.05, 3.63) is 83.1 Å². The van der Waals surface area contributed by atoms with Crippen LogP contribution in [0.1, 0.15) is 5.56 Å². The van der Waals surface area contributed by atoms with E-state index in [9.17, 15) is 17.6 Å². The lowest BCUT2D eigenvalue weighted by atomic mass is 10.1. The van der Waals surface area contributed by atoms with Gasteiger partial charge in [0.05, 0.1) is 30.3 Å². The van der Waals surface area contributed by atoms with Gasteiger partial charge in [0.1, 0.15) is 17.8 Å². The van der Waals surface area contributed by atoms with Gasteiger partial charge in [0, 0.05) is 29.1 Å². The zero-order valence-electron chi connectivity index (χ0n) is 17.6. The van der Waals surface area contributed by atoms with Crippen LogP contribution in [0.5, 0.6) is 5.75 Å². The van der Waals surface area contributed by atoms with Crippen molar-refractivity contribution in [3.8, 4) is 11.4 Å². The molecule has 0 aliphatic carbocycles. The molecule has 0 amide bonds. The molecule has 2 aromatic carbocycles. The Morgan fingerprint density at radius 3 is 2.58 bits per heavy atom. The molecular formula is C22H18FN3O6S. The maximum Gasteiger partial charge on any atom is 0.288 e. The molecule has 4 aromatic rings. The van der Waals surface area contributed by atoms with Gasteiger partial charge in [-0.05, 0) is 30.3 Å². The molecule has 170 valence electrons. The number of aromatic nitrogens is 2. The van der Waals surface area contributed by atoms with Gasteiger partial charge in [0.15, 0.2) is 0 Å². The number of nitrogens with zero attached hydrogens (tertiary/aromatic N) is 3. The number of hydrogen-bond donors (Lipinski definition) is 0. The molecule has 0 radical (unpaired) electrons. The molecule has 2 aromatic heterocycles. The minimum absolute atomic E-state index is 0.0647. The van der Waals surface area contributed by atoms with E-state index in [-0.39, 0.29) is 27.7 Å². The quantitative estimate of drug-likeness (QED) is 0.380. The van der Waals surface area contributed by atoms with E-state index in [1.807, 2.05) is 0 Å². The van der Waals surface area contributed by atoms with Crippen LogP contribution in [0.15, 0.2) is 75.6 Å². The highest BCUT2D eigenvalue weighted by Crippen LogP contribution is 2.30. The SMILES string of the molecule is C=Cc1cc(OC)c(-n2c(=O)ccc3cc(S(=O)(=O)N(OC)c4ccon4)ccc32)cc1F. The first kappa shape index (κ1) is 22.2. The Balaban J connectivity index is 1.92. The Labute approximate surface area is 187 Å². The summed E-state index contributed by atoms with van der Waals surface area (Å²) in [7, 11) is -1.60. The standard InChI is InChI=1S/C22H18FN3O6S/c1-4-14-12-20(30-2)19(13-17(14)23)25-18-7-6-16(11-15(18)5-8-22(25)27)33(28,29)26(31-3)21-9-10-32-24-21/h4-13H,1H2,2-3H3. The summed E-state index contributed by atoms with van der Waals surface area (Å²) < 4.78 is 52.7. The summed E-state index contributed by atoms with van der Waals surface area (Å²) in [6, 6.07) is 10.8. The molecule has 0 saturated heterocycles. The number of rotatable bonds is 7. The molecule has 0 aliphatic heterocycles. The number of fused-ring (bicyclic) bond motifs is 1. The molecule has 9 nitrogen and oxygen atoms in total. The molecule has 0 bridgehead atoms. The van der Waals surface area contributed by atoms with E-state index in [0.717, 1.165) is 0 Å². The maximum atomic E-state index is 14.5. The molecule has 0 atom stereocenters. The number of hydrogen-bond acceptors (Lipinski definition) is 7. The third-order valence-corrected chi connectivity index (χ3v) is 6.54. The summed E-state index contributed by atoms with van der Waals surface area (Å²) in [4.78, 5) is 17.6. The second-order valence-corrected chi connectivity index (χ2v) is 8.50. The number of pyridine rings is 1. The minimum atomic E-state index is -4.18. The summed E-state index contributed by atoms with van der Waals surface area (Å²) in [5.41, 5.74) is 0.261. The molecule has 0 saturated carbocycles. The smallest absolute Gasteiger partial charge is 0.288 e. The van der Waals surface area contributed by atoms with Gasteiger partial charge in [-0.15, -0.1) is 4.47 Å². The summed E-state index contributed by atoms with van der Waals surface area (Å²) in [5, 5.41) is 4.00. The molecule has 0 aliphatic rings. The Hall–Kier alpha value is -3.96. The van der Waals surface area contributed by atoms with Gasteiger partial charge in [0.2, 0.25) is 5.82 Å². The van der Waals surface area contributed by atoms with E-state index in [1.54, 1.807) is 0 Å². The average Bonchev–Trinajstić information content (AvgIpc) is 3.33. The van der Waals surface area contributed by atoms with Crippen molar-refractivity contribution >= 4 is 32.8 Å². The van der Waals surface area contributed by atoms with Gasteiger partial charge >= 0.3 is 0 Å². The molecule has 2 heterocycles. The second-order valence-electron chi connectivity index (χ2n) is 6.75. The fourth-order valence-corrected chi connectivity index (χ4v) is 4.64. The molecule has 0 unspecified atom stereocenters. The second kappa shape index (κ2) is 8.52. The van der Waals surface area contributed by atoms with Crippen LogP contribution < -0.4 is 14.8 Å². The first-order valence-corrected chi connectivity index (χ1v) is 10.9. The Morgan fingerprint density at radius 1 is 1.15 bits per heavy atom. The maximum absolute atomic E-state index is 14.5. The highest BCUT2D eigenvalue weighted by atomic mass is 32.2. The van der Waals surface area contributed by atoms with Crippen molar-refractivity contribution in [2.45, 2.75) is 4.90 Å². The molecule has 33 heavy (non-hydrogen) atoms. The van der Waals surface area contributed by atoms with Crippen molar-refractivity contribution in [1.29, 1.82) is 0 Å². The van der Waals surface area contributed by atoms with Crippen LogP contribution in [0.2, 0.25) is 0 Å². The highest BCUT2D eigenvalue weighted by molar-refractivity contribution is 7.92. The Kier molecular flexibility index (Phi) is 5.75. The van der Waals surface area contributed by atoms with Crippen molar-refractivity contribution in [2.75, 3.05) is 18.7 Å². The van der Waals surface area contributed by atoms with Crippen LogP contribution in [-0.2, 0) is 14.9 Å². The number of anilines is 1. The van der Waals surface area contributed by atoms with Gasteiger partial charge in [-0.25, -0.2) is 4.39 Å². The lowest BCUT2D eigenvalue weighted by Crippen LogP contribution is -2.30. The van der Waals surface area contributed by atoms with Crippen LogP contribution in [0.3, 0.4) is 0 Å². The van der Waals surface area contributed by atoms with E-state index in [0.29, 0.717) is 15.4 Å². The van der Waals surface area contributed by atoms with Crippen LogP contribution in [0, 0.1) is 5.82 Å². The van der Waals surface area contributed by atoms with Gasteiger partial charge in [-0.2, -0.15) is 8.42 Å². The number of ether oxygens (including phenoxy) is 1. The number of benzene rings is 2. The summed E-state index contributed by atoms with van der Waals surface area (Å²) >= 11 is 0. The lowest BCUT2D eigenvalue weighted by Gasteiger charge is -2.19. The van der Waals surface area contributed by atoms with E-state index < -0.39 is 21.4 Å². The van der Waals surface area contributed by atoms with Gasteiger partial charge in [-0.1, -0.05) is 17.8 Å². The van der Waals surface area contributed by atoms with E-state index >= 15 is 0 Å². The molecule has 11 heteroatoms.